The third-order valence-corrected chi connectivity index (χ3v) is 5.48. The molecule has 0 saturated heterocycles. The van der Waals surface area contributed by atoms with Gasteiger partial charge in [-0.25, -0.2) is 14.3 Å². The largest absolute Gasteiger partial charge is 0.478 e. The van der Waals surface area contributed by atoms with Gasteiger partial charge in [0.05, 0.1) is 6.20 Å². The number of hydrogen-bond acceptors (Lipinski definition) is 5. The first-order chi connectivity index (χ1) is 16.6. The molecule has 0 radical (unpaired) electrons. The molecule has 2 aromatic carbocycles. The first-order valence-electron chi connectivity index (χ1n) is 11.5. The fourth-order valence-corrected chi connectivity index (χ4v) is 3.93. The number of hydrogen-bond donors (Lipinski definition) is 2. The van der Waals surface area contributed by atoms with Gasteiger partial charge in [-0.3, -0.25) is 0 Å². The average molecular weight is 456 g/mol. The molecule has 0 atom stereocenters. The quantitative estimate of drug-likeness (QED) is 0.291. The molecule has 0 aliphatic carbocycles. The van der Waals surface area contributed by atoms with E-state index in [0.29, 0.717) is 0 Å². The van der Waals surface area contributed by atoms with Gasteiger partial charge in [0.1, 0.15) is 5.82 Å². The van der Waals surface area contributed by atoms with Crippen LogP contribution in [0.4, 0.5) is 17.2 Å². The Hall–Kier alpha value is -4.13. The normalized spacial score (nSPS) is 11.2. The van der Waals surface area contributed by atoms with E-state index in [0.717, 1.165) is 65.8 Å². The van der Waals surface area contributed by atoms with Crippen molar-refractivity contribution in [3.05, 3.63) is 78.6 Å². The van der Waals surface area contributed by atoms with Crippen molar-refractivity contribution < 1.29 is 9.90 Å². The van der Waals surface area contributed by atoms with Gasteiger partial charge in [-0.05, 0) is 66.4 Å². The van der Waals surface area contributed by atoms with Crippen LogP contribution in [0.2, 0.25) is 0 Å². The van der Waals surface area contributed by atoms with Gasteiger partial charge in [-0.1, -0.05) is 32.0 Å². The lowest BCUT2D eigenvalue weighted by atomic mass is 10.1. The van der Waals surface area contributed by atoms with Gasteiger partial charge < -0.3 is 15.3 Å². The Morgan fingerprint density at radius 2 is 1.85 bits per heavy atom. The zero-order valence-corrected chi connectivity index (χ0v) is 19.5. The molecule has 0 spiro atoms. The summed E-state index contributed by atoms with van der Waals surface area (Å²) in [6, 6.07) is 18.0. The second kappa shape index (κ2) is 10.7. The summed E-state index contributed by atoms with van der Waals surface area (Å²) in [5.41, 5.74) is 5.51. The minimum Gasteiger partial charge on any atom is -0.478 e. The molecule has 0 aliphatic rings. The molecule has 0 amide bonds. The van der Waals surface area contributed by atoms with E-state index in [1.54, 1.807) is 16.8 Å². The minimum atomic E-state index is -0.977. The zero-order valence-electron chi connectivity index (χ0n) is 19.5. The van der Waals surface area contributed by atoms with Crippen LogP contribution in [0.5, 0.6) is 0 Å². The van der Waals surface area contributed by atoms with Crippen molar-refractivity contribution in [2.45, 2.75) is 26.7 Å². The van der Waals surface area contributed by atoms with E-state index < -0.39 is 5.97 Å². The van der Waals surface area contributed by atoms with Gasteiger partial charge in [0.2, 0.25) is 0 Å². The molecule has 4 aromatic rings. The highest BCUT2D eigenvalue weighted by Gasteiger charge is 2.10. The zero-order chi connectivity index (χ0) is 23.9. The number of carboxylic acids is 1. The van der Waals surface area contributed by atoms with E-state index in [1.807, 2.05) is 36.5 Å². The fourth-order valence-electron chi connectivity index (χ4n) is 3.93. The number of nitrogens with one attached hydrogen (secondary N) is 1. The van der Waals surface area contributed by atoms with Gasteiger partial charge in [0.15, 0.2) is 5.65 Å². The molecule has 34 heavy (non-hydrogen) atoms. The van der Waals surface area contributed by atoms with E-state index in [9.17, 15) is 4.79 Å². The summed E-state index contributed by atoms with van der Waals surface area (Å²) in [5.74, 6) is -0.252. The standard InChI is InChI=1S/C27H29N5O2/c1-3-15-31(16-4-2)23-11-9-22(10-12-23)29-25-14-17-32-27(30-25)24(19-28-32)21-7-5-6-20(18-21)8-13-26(33)34/h5-14,17-19H,3-4,15-16H2,1-2H3,(H,29,30)(H,33,34)/b13-8+. The summed E-state index contributed by atoms with van der Waals surface area (Å²) in [4.78, 5) is 18.0. The highest BCUT2D eigenvalue weighted by atomic mass is 16.4. The molecule has 0 saturated carbocycles. The van der Waals surface area contributed by atoms with Crippen molar-refractivity contribution in [2.24, 2.45) is 0 Å². The van der Waals surface area contributed by atoms with Crippen LogP contribution in [-0.2, 0) is 4.79 Å². The number of anilines is 3. The summed E-state index contributed by atoms with van der Waals surface area (Å²) in [7, 11) is 0. The Bertz CT molecular complexity index is 1290. The second-order valence-electron chi connectivity index (χ2n) is 8.10. The predicted molar refractivity (Wildman–Crippen MR) is 138 cm³/mol. The third-order valence-electron chi connectivity index (χ3n) is 5.48. The summed E-state index contributed by atoms with van der Waals surface area (Å²) < 4.78 is 1.73. The predicted octanol–water partition coefficient (Wildman–Crippen LogP) is 5.86. The van der Waals surface area contributed by atoms with Gasteiger partial charge in [0.25, 0.3) is 0 Å². The van der Waals surface area contributed by atoms with Crippen molar-refractivity contribution in [1.29, 1.82) is 0 Å². The Balaban J connectivity index is 1.57. The molecule has 174 valence electrons. The first-order valence-corrected chi connectivity index (χ1v) is 11.5. The van der Waals surface area contributed by atoms with Crippen molar-refractivity contribution in [3.63, 3.8) is 0 Å². The Morgan fingerprint density at radius 1 is 1.09 bits per heavy atom. The summed E-state index contributed by atoms with van der Waals surface area (Å²) in [6.07, 6.45) is 8.60. The molecule has 7 nitrogen and oxygen atoms in total. The van der Waals surface area contributed by atoms with E-state index in [-0.39, 0.29) is 0 Å². The first kappa shape index (κ1) is 23.0. The topological polar surface area (TPSA) is 82.8 Å². The van der Waals surface area contributed by atoms with Crippen LogP contribution in [0.3, 0.4) is 0 Å². The van der Waals surface area contributed by atoms with E-state index in [4.69, 9.17) is 10.1 Å². The summed E-state index contributed by atoms with van der Waals surface area (Å²) in [6.45, 7) is 6.51. The third kappa shape index (κ3) is 5.43. The van der Waals surface area contributed by atoms with Crippen LogP contribution in [-0.4, -0.2) is 38.8 Å². The fraction of sp³-hybridized carbons (Fsp3) is 0.222. The number of nitrogens with zero attached hydrogens (tertiary/aromatic N) is 4. The van der Waals surface area contributed by atoms with Gasteiger partial charge in [-0.15, -0.1) is 0 Å². The summed E-state index contributed by atoms with van der Waals surface area (Å²) in [5, 5.41) is 16.7. The van der Waals surface area contributed by atoms with Crippen LogP contribution >= 0.6 is 0 Å². The van der Waals surface area contributed by atoms with Gasteiger partial charge >= 0.3 is 5.97 Å². The smallest absolute Gasteiger partial charge is 0.328 e. The second-order valence-corrected chi connectivity index (χ2v) is 8.10. The molecule has 2 N–H and O–H groups in total. The summed E-state index contributed by atoms with van der Waals surface area (Å²) >= 11 is 0. The highest BCUT2D eigenvalue weighted by Crippen LogP contribution is 2.27. The molecule has 2 aromatic heterocycles. The van der Waals surface area contributed by atoms with Crippen LogP contribution in [0.15, 0.2) is 73.1 Å². The molecular weight excluding hydrogens is 426 g/mol. The van der Waals surface area contributed by atoms with Crippen LogP contribution in [0.1, 0.15) is 32.3 Å². The van der Waals surface area contributed by atoms with Crippen molar-refractivity contribution in [1.82, 2.24) is 14.6 Å². The van der Waals surface area contributed by atoms with Crippen molar-refractivity contribution >= 4 is 34.9 Å². The maximum atomic E-state index is 10.8. The van der Waals surface area contributed by atoms with Gasteiger partial charge in [0, 0.05) is 42.3 Å². The Morgan fingerprint density at radius 3 is 2.56 bits per heavy atom. The molecule has 0 unspecified atom stereocenters. The van der Waals surface area contributed by atoms with E-state index in [1.165, 1.54) is 5.69 Å². The van der Waals surface area contributed by atoms with Crippen molar-refractivity contribution in [2.75, 3.05) is 23.3 Å². The molecule has 0 bridgehead atoms. The molecule has 0 aliphatic heterocycles. The average Bonchev–Trinajstić information content (AvgIpc) is 3.27. The molecule has 0 fully saturated rings. The van der Waals surface area contributed by atoms with Crippen LogP contribution in [0, 0.1) is 0 Å². The number of rotatable bonds is 10. The minimum absolute atomic E-state index is 0.720. The Labute approximate surface area is 199 Å². The van der Waals surface area contributed by atoms with Crippen molar-refractivity contribution in [3.8, 4) is 11.1 Å². The number of fused-ring (bicyclic) bond motifs is 1. The number of aromatic nitrogens is 3. The molecule has 2 heterocycles. The monoisotopic (exact) mass is 455 g/mol. The lowest BCUT2D eigenvalue weighted by molar-refractivity contribution is -0.131. The Kier molecular flexibility index (Phi) is 7.22. The van der Waals surface area contributed by atoms with Crippen LogP contribution < -0.4 is 10.2 Å². The number of benzene rings is 2. The number of aliphatic carboxylic acids is 1. The van der Waals surface area contributed by atoms with Crippen LogP contribution in [0.25, 0.3) is 22.9 Å². The number of carbonyl (C=O) groups is 1. The SMILES string of the molecule is CCCN(CCC)c1ccc(Nc2ccn3ncc(-c4cccc(/C=C/C(=O)O)c4)c3n2)cc1. The molecular formula is C27H29N5O2. The lowest BCUT2D eigenvalue weighted by Crippen LogP contribution is -2.24. The molecule has 7 heteroatoms. The lowest BCUT2D eigenvalue weighted by Gasteiger charge is -2.24. The maximum absolute atomic E-state index is 10.8. The van der Waals surface area contributed by atoms with Gasteiger partial charge in [-0.2, -0.15) is 5.10 Å². The van der Waals surface area contributed by atoms with E-state index in [2.05, 4.69) is 53.4 Å². The number of carboxylic acid groups (broad SMARTS) is 1. The highest BCUT2D eigenvalue weighted by molar-refractivity contribution is 5.86. The van der Waals surface area contributed by atoms with E-state index >= 15 is 0 Å². The molecule has 4 rings (SSSR count). The maximum Gasteiger partial charge on any atom is 0.328 e.